The Morgan fingerprint density at radius 1 is 1.47 bits per heavy atom. The van der Waals surface area contributed by atoms with Crippen LogP contribution >= 0.6 is 11.6 Å². The molecule has 1 fully saturated rings. The Morgan fingerprint density at radius 3 is 3.07 bits per heavy atom. The smallest absolute Gasteiger partial charge is 0.0450 e. The van der Waals surface area contributed by atoms with Gasteiger partial charge in [0.25, 0.3) is 0 Å². The minimum atomic E-state index is 0.266. The van der Waals surface area contributed by atoms with Gasteiger partial charge in [0.1, 0.15) is 0 Å². The predicted molar refractivity (Wildman–Crippen MR) is 63.5 cm³/mol. The van der Waals surface area contributed by atoms with Crippen LogP contribution < -0.4 is 4.90 Å². The zero-order chi connectivity index (χ0) is 10.7. The Bertz CT molecular complexity index is 329. The molecule has 3 heteroatoms. The fourth-order valence-electron chi connectivity index (χ4n) is 2.28. The van der Waals surface area contributed by atoms with Gasteiger partial charge < -0.3 is 10.0 Å². The molecule has 0 aromatic heterocycles. The van der Waals surface area contributed by atoms with Crippen LogP contribution in [0.25, 0.3) is 0 Å². The molecule has 1 aliphatic heterocycles. The van der Waals surface area contributed by atoms with E-state index in [9.17, 15) is 0 Å². The standard InChI is InChI=1S/C12H16ClNO/c13-10-3-1-4-12(9-10)14-7-2-5-11(14)6-8-15/h1,3-4,9,11,15H,2,5-8H2. The molecule has 0 radical (unpaired) electrons. The summed E-state index contributed by atoms with van der Waals surface area (Å²) in [6.07, 6.45) is 3.23. The second kappa shape index (κ2) is 4.86. The van der Waals surface area contributed by atoms with E-state index >= 15 is 0 Å². The summed E-state index contributed by atoms with van der Waals surface area (Å²) in [6, 6.07) is 8.43. The second-order valence-corrected chi connectivity index (χ2v) is 4.42. The van der Waals surface area contributed by atoms with Crippen molar-refractivity contribution in [3.05, 3.63) is 29.3 Å². The average Bonchev–Trinajstić information content (AvgIpc) is 2.66. The number of halogens is 1. The van der Waals surface area contributed by atoms with E-state index in [0.29, 0.717) is 6.04 Å². The minimum Gasteiger partial charge on any atom is -0.396 e. The first-order chi connectivity index (χ1) is 7.31. The summed E-state index contributed by atoms with van der Waals surface area (Å²) in [7, 11) is 0. The van der Waals surface area contributed by atoms with Crippen LogP contribution in [-0.2, 0) is 0 Å². The molecule has 1 unspecified atom stereocenters. The van der Waals surface area contributed by atoms with Crippen molar-refractivity contribution in [1.29, 1.82) is 0 Å². The van der Waals surface area contributed by atoms with Gasteiger partial charge in [-0.15, -0.1) is 0 Å². The monoisotopic (exact) mass is 225 g/mol. The predicted octanol–water partition coefficient (Wildman–Crippen LogP) is 2.69. The molecule has 2 nitrogen and oxygen atoms in total. The highest BCUT2D eigenvalue weighted by atomic mass is 35.5. The highest BCUT2D eigenvalue weighted by Crippen LogP contribution is 2.28. The Kier molecular flexibility index (Phi) is 3.49. The highest BCUT2D eigenvalue weighted by Gasteiger charge is 2.23. The number of hydrogen-bond acceptors (Lipinski definition) is 2. The van der Waals surface area contributed by atoms with Crippen molar-refractivity contribution in [3.8, 4) is 0 Å². The summed E-state index contributed by atoms with van der Waals surface area (Å²) in [5.74, 6) is 0. The van der Waals surface area contributed by atoms with Crippen molar-refractivity contribution in [2.75, 3.05) is 18.1 Å². The lowest BCUT2D eigenvalue weighted by molar-refractivity contribution is 0.276. The van der Waals surface area contributed by atoms with Crippen molar-refractivity contribution < 1.29 is 5.11 Å². The van der Waals surface area contributed by atoms with Gasteiger partial charge in [-0.1, -0.05) is 17.7 Å². The number of benzene rings is 1. The minimum absolute atomic E-state index is 0.266. The van der Waals surface area contributed by atoms with Crippen molar-refractivity contribution in [3.63, 3.8) is 0 Å². The Hall–Kier alpha value is -0.730. The van der Waals surface area contributed by atoms with Crippen LogP contribution in [0.5, 0.6) is 0 Å². The Labute approximate surface area is 95.5 Å². The number of rotatable bonds is 3. The normalized spacial score (nSPS) is 20.9. The lowest BCUT2D eigenvalue weighted by Crippen LogP contribution is -2.29. The summed E-state index contributed by atoms with van der Waals surface area (Å²) in [6.45, 7) is 1.34. The largest absolute Gasteiger partial charge is 0.396 e. The van der Waals surface area contributed by atoms with Crippen LogP contribution in [0.15, 0.2) is 24.3 Å². The highest BCUT2D eigenvalue weighted by molar-refractivity contribution is 6.30. The molecule has 2 rings (SSSR count). The van der Waals surface area contributed by atoms with E-state index in [1.807, 2.05) is 18.2 Å². The maximum absolute atomic E-state index is 8.99. The van der Waals surface area contributed by atoms with Crippen LogP contribution in [0.1, 0.15) is 19.3 Å². The van der Waals surface area contributed by atoms with Gasteiger partial charge in [-0.05, 0) is 37.5 Å². The van der Waals surface area contributed by atoms with E-state index in [0.717, 1.165) is 18.0 Å². The summed E-state index contributed by atoms with van der Waals surface area (Å²) in [5, 5.41) is 9.77. The third kappa shape index (κ3) is 2.44. The molecule has 15 heavy (non-hydrogen) atoms. The first kappa shape index (κ1) is 10.8. The summed E-state index contributed by atoms with van der Waals surface area (Å²) in [4.78, 5) is 2.35. The molecule has 0 spiro atoms. The number of anilines is 1. The van der Waals surface area contributed by atoms with Crippen molar-refractivity contribution in [2.24, 2.45) is 0 Å². The van der Waals surface area contributed by atoms with Crippen LogP contribution in [0.4, 0.5) is 5.69 Å². The molecule has 1 N–H and O–H groups in total. The van der Waals surface area contributed by atoms with E-state index in [2.05, 4.69) is 11.0 Å². The number of hydrogen-bond donors (Lipinski definition) is 1. The van der Waals surface area contributed by atoms with Crippen LogP contribution in [-0.4, -0.2) is 24.3 Å². The molecular formula is C12H16ClNO. The third-order valence-electron chi connectivity index (χ3n) is 2.98. The van der Waals surface area contributed by atoms with E-state index in [1.165, 1.54) is 18.5 Å². The number of aliphatic hydroxyl groups excluding tert-OH is 1. The maximum Gasteiger partial charge on any atom is 0.0450 e. The lowest BCUT2D eigenvalue weighted by atomic mass is 10.1. The molecule has 0 bridgehead atoms. The van der Waals surface area contributed by atoms with Gasteiger partial charge in [0.2, 0.25) is 0 Å². The molecule has 0 saturated carbocycles. The maximum atomic E-state index is 8.99. The van der Waals surface area contributed by atoms with Crippen LogP contribution in [0.3, 0.4) is 0 Å². The molecule has 1 heterocycles. The zero-order valence-corrected chi connectivity index (χ0v) is 9.45. The second-order valence-electron chi connectivity index (χ2n) is 3.98. The molecule has 82 valence electrons. The summed E-state index contributed by atoms with van der Waals surface area (Å²) in [5.41, 5.74) is 1.18. The van der Waals surface area contributed by atoms with Gasteiger partial charge in [-0.2, -0.15) is 0 Å². The van der Waals surface area contributed by atoms with E-state index in [1.54, 1.807) is 0 Å². The van der Waals surface area contributed by atoms with Crippen molar-refractivity contribution in [1.82, 2.24) is 0 Å². The number of aliphatic hydroxyl groups is 1. The van der Waals surface area contributed by atoms with Gasteiger partial charge in [0.15, 0.2) is 0 Å². The molecule has 1 atom stereocenters. The summed E-state index contributed by atoms with van der Waals surface area (Å²) >= 11 is 5.97. The van der Waals surface area contributed by atoms with E-state index in [4.69, 9.17) is 16.7 Å². The van der Waals surface area contributed by atoms with Gasteiger partial charge in [0.05, 0.1) is 0 Å². The van der Waals surface area contributed by atoms with Crippen molar-refractivity contribution in [2.45, 2.75) is 25.3 Å². The molecular weight excluding hydrogens is 210 g/mol. The lowest BCUT2D eigenvalue weighted by Gasteiger charge is -2.26. The molecule has 0 amide bonds. The van der Waals surface area contributed by atoms with E-state index < -0.39 is 0 Å². The Morgan fingerprint density at radius 2 is 2.33 bits per heavy atom. The third-order valence-corrected chi connectivity index (χ3v) is 3.21. The van der Waals surface area contributed by atoms with Crippen LogP contribution in [0.2, 0.25) is 5.02 Å². The molecule has 1 aromatic rings. The van der Waals surface area contributed by atoms with Gasteiger partial charge in [-0.3, -0.25) is 0 Å². The average molecular weight is 226 g/mol. The van der Waals surface area contributed by atoms with E-state index in [-0.39, 0.29) is 6.61 Å². The molecule has 0 aliphatic carbocycles. The first-order valence-corrected chi connectivity index (χ1v) is 5.82. The fraction of sp³-hybridized carbons (Fsp3) is 0.500. The summed E-state index contributed by atoms with van der Waals surface area (Å²) < 4.78 is 0. The van der Waals surface area contributed by atoms with Gasteiger partial charge in [0, 0.05) is 29.9 Å². The zero-order valence-electron chi connectivity index (χ0n) is 8.69. The molecule has 1 aliphatic rings. The first-order valence-electron chi connectivity index (χ1n) is 5.44. The quantitative estimate of drug-likeness (QED) is 0.855. The molecule has 1 saturated heterocycles. The molecule has 1 aromatic carbocycles. The SMILES string of the molecule is OCCC1CCCN1c1cccc(Cl)c1. The number of nitrogens with zero attached hydrogens (tertiary/aromatic N) is 1. The van der Waals surface area contributed by atoms with Gasteiger partial charge in [-0.25, -0.2) is 0 Å². The van der Waals surface area contributed by atoms with Crippen molar-refractivity contribution >= 4 is 17.3 Å². The fourth-order valence-corrected chi connectivity index (χ4v) is 2.46. The van der Waals surface area contributed by atoms with Gasteiger partial charge >= 0.3 is 0 Å². The van der Waals surface area contributed by atoms with Crippen LogP contribution in [0, 0.1) is 0 Å². The topological polar surface area (TPSA) is 23.5 Å². The Balaban J connectivity index is 2.15.